The summed E-state index contributed by atoms with van der Waals surface area (Å²) in [5.74, 6) is 0.298. The molecule has 0 saturated heterocycles. The van der Waals surface area contributed by atoms with E-state index in [1.807, 2.05) is 31.3 Å². The molecule has 0 aliphatic heterocycles. The number of rotatable bonds is 2. The van der Waals surface area contributed by atoms with Crippen LogP contribution in [0.2, 0.25) is 0 Å². The number of phenolic OH excluding ortho intramolecular Hbond substituents is 1. The predicted molar refractivity (Wildman–Crippen MR) is 61.2 cm³/mol. The lowest BCUT2D eigenvalue weighted by molar-refractivity contribution is 0.474. The summed E-state index contributed by atoms with van der Waals surface area (Å²) in [5, 5.41) is 9.33. The van der Waals surface area contributed by atoms with Gasteiger partial charge in [-0.2, -0.15) is 0 Å². The van der Waals surface area contributed by atoms with Gasteiger partial charge >= 0.3 is 0 Å². The van der Waals surface area contributed by atoms with Gasteiger partial charge in [0.15, 0.2) is 0 Å². The highest BCUT2D eigenvalue weighted by Crippen LogP contribution is 2.31. The van der Waals surface area contributed by atoms with Crippen LogP contribution in [0, 0.1) is 6.92 Å². The van der Waals surface area contributed by atoms with Gasteiger partial charge in [0.2, 0.25) is 0 Å². The van der Waals surface area contributed by atoms with E-state index < -0.39 is 0 Å². The summed E-state index contributed by atoms with van der Waals surface area (Å²) in [6, 6.07) is 9.22. The normalized spacial score (nSPS) is 10.2. The molecule has 0 amide bonds. The summed E-state index contributed by atoms with van der Waals surface area (Å²) in [4.78, 5) is 6.24. The van der Waals surface area contributed by atoms with Crippen molar-refractivity contribution in [1.82, 2.24) is 4.98 Å². The lowest BCUT2D eigenvalue weighted by atomic mass is 10.3. The maximum absolute atomic E-state index is 9.33. The van der Waals surface area contributed by atoms with Crippen LogP contribution in [-0.4, -0.2) is 10.1 Å². The largest absolute Gasteiger partial charge is 0.508 e. The Bertz CT molecular complexity index is 471. The van der Waals surface area contributed by atoms with Crippen molar-refractivity contribution in [3.05, 3.63) is 48.3 Å². The third-order valence-electron chi connectivity index (χ3n) is 2.01. The van der Waals surface area contributed by atoms with Crippen LogP contribution < -0.4 is 0 Å². The van der Waals surface area contributed by atoms with Gasteiger partial charge in [-0.15, -0.1) is 0 Å². The highest BCUT2D eigenvalue weighted by molar-refractivity contribution is 7.99. The van der Waals surface area contributed by atoms with E-state index in [4.69, 9.17) is 0 Å². The van der Waals surface area contributed by atoms with Crippen molar-refractivity contribution in [2.45, 2.75) is 16.7 Å². The van der Waals surface area contributed by atoms with Crippen LogP contribution in [0.15, 0.2) is 52.5 Å². The van der Waals surface area contributed by atoms with Crippen molar-refractivity contribution in [3.63, 3.8) is 0 Å². The van der Waals surface area contributed by atoms with Gasteiger partial charge in [-0.25, -0.2) is 0 Å². The summed E-state index contributed by atoms with van der Waals surface area (Å²) < 4.78 is 0. The second kappa shape index (κ2) is 4.36. The number of pyridine rings is 1. The maximum atomic E-state index is 9.33. The number of aryl methyl sites for hydroxylation is 1. The molecule has 76 valence electrons. The zero-order valence-electron chi connectivity index (χ0n) is 8.34. The van der Waals surface area contributed by atoms with E-state index in [1.54, 1.807) is 30.1 Å². The number of benzene rings is 1. The molecule has 0 aliphatic carbocycles. The molecule has 0 bridgehead atoms. The molecule has 0 saturated carbocycles. The summed E-state index contributed by atoms with van der Waals surface area (Å²) in [7, 11) is 0. The Morgan fingerprint density at radius 3 is 2.87 bits per heavy atom. The summed E-state index contributed by atoms with van der Waals surface area (Å²) in [5.41, 5.74) is 1.14. The van der Waals surface area contributed by atoms with Crippen LogP contribution in [0.5, 0.6) is 5.75 Å². The second-order valence-corrected chi connectivity index (χ2v) is 4.36. The predicted octanol–water partition coefficient (Wildman–Crippen LogP) is 3.25. The molecule has 1 N–H and O–H groups in total. The third kappa shape index (κ3) is 2.50. The molecule has 0 atom stereocenters. The molecular weight excluding hydrogens is 206 g/mol. The highest BCUT2D eigenvalue weighted by Gasteiger charge is 2.01. The molecule has 1 aromatic carbocycles. The Morgan fingerprint density at radius 2 is 2.13 bits per heavy atom. The zero-order chi connectivity index (χ0) is 10.7. The first-order valence-electron chi connectivity index (χ1n) is 4.63. The fourth-order valence-electron chi connectivity index (χ4n) is 1.25. The van der Waals surface area contributed by atoms with E-state index in [0.29, 0.717) is 5.75 Å². The van der Waals surface area contributed by atoms with Crippen LogP contribution in [0.4, 0.5) is 0 Å². The molecule has 1 heterocycles. The van der Waals surface area contributed by atoms with Gasteiger partial charge in [0.05, 0.1) is 0 Å². The fourth-order valence-corrected chi connectivity index (χ4v) is 2.17. The monoisotopic (exact) mass is 217 g/mol. The van der Waals surface area contributed by atoms with Gasteiger partial charge < -0.3 is 5.11 Å². The Morgan fingerprint density at radius 1 is 1.27 bits per heavy atom. The molecule has 2 aromatic rings. The lowest BCUT2D eigenvalue weighted by Crippen LogP contribution is -1.81. The number of hydrogen-bond donors (Lipinski definition) is 1. The quantitative estimate of drug-likeness (QED) is 0.838. The van der Waals surface area contributed by atoms with Gasteiger partial charge in [0, 0.05) is 22.2 Å². The minimum absolute atomic E-state index is 0.298. The maximum Gasteiger partial charge on any atom is 0.116 e. The van der Waals surface area contributed by atoms with Crippen molar-refractivity contribution < 1.29 is 5.11 Å². The van der Waals surface area contributed by atoms with Gasteiger partial charge in [0.1, 0.15) is 5.75 Å². The SMILES string of the molecule is Cc1cnccc1Sc1cccc(O)c1. The van der Waals surface area contributed by atoms with E-state index in [0.717, 1.165) is 15.4 Å². The Kier molecular flexibility index (Phi) is 2.92. The van der Waals surface area contributed by atoms with Crippen molar-refractivity contribution in [3.8, 4) is 5.75 Å². The van der Waals surface area contributed by atoms with Gasteiger partial charge in [-0.3, -0.25) is 4.98 Å². The van der Waals surface area contributed by atoms with E-state index in [9.17, 15) is 5.11 Å². The minimum atomic E-state index is 0.298. The van der Waals surface area contributed by atoms with Crippen molar-refractivity contribution >= 4 is 11.8 Å². The molecule has 15 heavy (non-hydrogen) atoms. The fraction of sp³-hybridized carbons (Fsp3) is 0.0833. The molecule has 0 fully saturated rings. The van der Waals surface area contributed by atoms with Gasteiger partial charge in [-0.05, 0) is 36.8 Å². The van der Waals surface area contributed by atoms with E-state index in [-0.39, 0.29) is 0 Å². The van der Waals surface area contributed by atoms with E-state index in [2.05, 4.69) is 4.98 Å². The average Bonchev–Trinajstić information content (AvgIpc) is 2.22. The molecular formula is C12H11NOS. The summed E-state index contributed by atoms with van der Waals surface area (Å²) >= 11 is 1.63. The van der Waals surface area contributed by atoms with Gasteiger partial charge in [0.25, 0.3) is 0 Å². The molecule has 2 rings (SSSR count). The Labute approximate surface area is 93.0 Å². The smallest absolute Gasteiger partial charge is 0.116 e. The number of phenols is 1. The molecule has 0 aliphatic rings. The zero-order valence-corrected chi connectivity index (χ0v) is 9.16. The molecule has 0 radical (unpaired) electrons. The van der Waals surface area contributed by atoms with Crippen molar-refractivity contribution in [1.29, 1.82) is 0 Å². The first-order valence-corrected chi connectivity index (χ1v) is 5.45. The first-order chi connectivity index (χ1) is 7.25. The van der Waals surface area contributed by atoms with Gasteiger partial charge in [-0.1, -0.05) is 17.8 Å². The molecule has 3 heteroatoms. The molecule has 0 unspecified atom stereocenters. The van der Waals surface area contributed by atoms with E-state index >= 15 is 0 Å². The average molecular weight is 217 g/mol. The second-order valence-electron chi connectivity index (χ2n) is 3.24. The summed E-state index contributed by atoms with van der Waals surface area (Å²) in [6.07, 6.45) is 3.61. The third-order valence-corrected chi connectivity index (χ3v) is 3.18. The highest BCUT2D eigenvalue weighted by atomic mass is 32.2. The van der Waals surface area contributed by atoms with Crippen LogP contribution in [0.25, 0.3) is 0 Å². The molecule has 1 aromatic heterocycles. The van der Waals surface area contributed by atoms with Crippen LogP contribution >= 0.6 is 11.8 Å². The number of aromatic nitrogens is 1. The number of aromatic hydroxyl groups is 1. The standard InChI is InChI=1S/C12H11NOS/c1-9-8-13-6-5-12(9)15-11-4-2-3-10(14)7-11/h2-8,14H,1H3. The minimum Gasteiger partial charge on any atom is -0.508 e. The van der Waals surface area contributed by atoms with Crippen LogP contribution in [0.1, 0.15) is 5.56 Å². The van der Waals surface area contributed by atoms with E-state index in [1.165, 1.54) is 0 Å². The first kappa shape index (κ1) is 10.1. The van der Waals surface area contributed by atoms with Crippen LogP contribution in [-0.2, 0) is 0 Å². The molecule has 0 spiro atoms. The Hall–Kier alpha value is -1.48. The molecule has 2 nitrogen and oxygen atoms in total. The Balaban J connectivity index is 2.26. The number of hydrogen-bond acceptors (Lipinski definition) is 3. The number of nitrogens with zero attached hydrogens (tertiary/aromatic N) is 1. The van der Waals surface area contributed by atoms with Crippen molar-refractivity contribution in [2.24, 2.45) is 0 Å². The van der Waals surface area contributed by atoms with Crippen LogP contribution in [0.3, 0.4) is 0 Å². The lowest BCUT2D eigenvalue weighted by Gasteiger charge is -2.04. The topological polar surface area (TPSA) is 33.1 Å². The van der Waals surface area contributed by atoms with Crippen molar-refractivity contribution in [2.75, 3.05) is 0 Å². The summed E-state index contributed by atoms with van der Waals surface area (Å²) in [6.45, 7) is 2.03.